The van der Waals surface area contributed by atoms with Gasteiger partial charge in [-0.25, -0.2) is 0 Å². The molecule has 23 heavy (non-hydrogen) atoms. The van der Waals surface area contributed by atoms with Crippen LogP contribution in [0.4, 0.5) is 0 Å². The maximum atomic E-state index is 12.9. The van der Waals surface area contributed by atoms with Crippen molar-refractivity contribution in [3.63, 3.8) is 0 Å². The second kappa shape index (κ2) is 7.21. The second-order valence-electron chi connectivity index (χ2n) is 5.17. The number of carbonyl (C=O) groups is 1. The van der Waals surface area contributed by atoms with Crippen LogP contribution in [0.25, 0.3) is 11.6 Å². The zero-order valence-corrected chi connectivity index (χ0v) is 14.0. The summed E-state index contributed by atoms with van der Waals surface area (Å²) in [6.07, 6.45) is 1.94. The summed E-state index contributed by atoms with van der Waals surface area (Å²) in [7, 11) is 0. The van der Waals surface area contributed by atoms with E-state index in [0.717, 1.165) is 15.6 Å². The number of benzene rings is 3. The molecule has 0 unspecified atom stereocenters. The van der Waals surface area contributed by atoms with Crippen LogP contribution in [0.2, 0.25) is 0 Å². The number of rotatable bonds is 4. The van der Waals surface area contributed by atoms with Gasteiger partial charge in [0.25, 0.3) is 0 Å². The van der Waals surface area contributed by atoms with Crippen molar-refractivity contribution in [2.45, 2.75) is 0 Å². The van der Waals surface area contributed by atoms with Gasteiger partial charge in [-0.15, -0.1) is 0 Å². The van der Waals surface area contributed by atoms with Crippen molar-refractivity contribution in [2.24, 2.45) is 0 Å². The molecule has 2 heteroatoms. The van der Waals surface area contributed by atoms with E-state index in [1.54, 1.807) is 0 Å². The molecule has 0 aliphatic rings. The highest BCUT2D eigenvalue weighted by Gasteiger charge is 2.14. The smallest absolute Gasteiger partial charge is 0.193 e. The Bertz CT molecular complexity index is 819. The van der Waals surface area contributed by atoms with Crippen molar-refractivity contribution < 1.29 is 4.79 Å². The molecule has 0 saturated carbocycles. The Kier molecular flexibility index (Phi) is 4.84. The SMILES string of the molecule is O=C(/C(=C\c1ccc(Br)cc1)c1ccccc1)c1ccccc1. The highest BCUT2D eigenvalue weighted by Crippen LogP contribution is 2.23. The Morgan fingerprint density at radius 3 is 1.78 bits per heavy atom. The maximum absolute atomic E-state index is 12.9. The van der Waals surface area contributed by atoms with Crippen LogP contribution in [-0.2, 0) is 0 Å². The minimum absolute atomic E-state index is 0.0275. The monoisotopic (exact) mass is 362 g/mol. The summed E-state index contributed by atoms with van der Waals surface area (Å²) in [4.78, 5) is 12.9. The minimum Gasteiger partial charge on any atom is -0.289 e. The molecule has 0 heterocycles. The largest absolute Gasteiger partial charge is 0.289 e. The summed E-state index contributed by atoms with van der Waals surface area (Å²) in [6, 6.07) is 27.1. The lowest BCUT2D eigenvalue weighted by molar-refractivity contribution is 0.105. The molecule has 0 aliphatic carbocycles. The van der Waals surface area contributed by atoms with Gasteiger partial charge >= 0.3 is 0 Å². The second-order valence-corrected chi connectivity index (χ2v) is 6.09. The van der Waals surface area contributed by atoms with Gasteiger partial charge in [0.05, 0.1) is 0 Å². The lowest BCUT2D eigenvalue weighted by Crippen LogP contribution is -2.02. The molecule has 0 amide bonds. The number of halogens is 1. The van der Waals surface area contributed by atoms with Crippen LogP contribution >= 0.6 is 15.9 Å². The Labute approximate surface area is 144 Å². The summed E-state index contributed by atoms with van der Waals surface area (Å²) in [6.45, 7) is 0. The molecule has 0 aromatic heterocycles. The molecule has 0 saturated heterocycles. The number of ketones is 1. The van der Waals surface area contributed by atoms with Crippen molar-refractivity contribution in [1.82, 2.24) is 0 Å². The van der Waals surface area contributed by atoms with Gasteiger partial charge in [0.1, 0.15) is 0 Å². The van der Waals surface area contributed by atoms with Crippen LogP contribution in [-0.4, -0.2) is 5.78 Å². The summed E-state index contributed by atoms with van der Waals surface area (Å²) in [5.41, 5.74) is 3.31. The third-order valence-electron chi connectivity index (χ3n) is 3.55. The van der Waals surface area contributed by atoms with E-state index in [9.17, 15) is 4.79 Å². The van der Waals surface area contributed by atoms with E-state index in [1.807, 2.05) is 91.0 Å². The molecule has 3 aromatic rings. The third-order valence-corrected chi connectivity index (χ3v) is 4.08. The van der Waals surface area contributed by atoms with Gasteiger partial charge in [-0.1, -0.05) is 88.7 Å². The first-order valence-corrected chi connectivity index (χ1v) is 8.16. The molecule has 0 bridgehead atoms. The number of carbonyl (C=O) groups excluding carboxylic acids is 1. The van der Waals surface area contributed by atoms with Crippen molar-refractivity contribution in [3.8, 4) is 0 Å². The van der Waals surface area contributed by atoms with Crippen molar-refractivity contribution >= 4 is 33.4 Å². The number of allylic oxidation sites excluding steroid dienone is 1. The summed E-state index contributed by atoms with van der Waals surface area (Å²) in [5, 5.41) is 0. The summed E-state index contributed by atoms with van der Waals surface area (Å²) >= 11 is 3.43. The molecule has 0 N–H and O–H groups in total. The van der Waals surface area contributed by atoms with Gasteiger partial charge < -0.3 is 0 Å². The van der Waals surface area contributed by atoms with Gasteiger partial charge in [0.15, 0.2) is 5.78 Å². The molecule has 0 aliphatic heterocycles. The maximum Gasteiger partial charge on any atom is 0.193 e. The van der Waals surface area contributed by atoms with Crippen LogP contribution in [0.1, 0.15) is 21.5 Å². The third kappa shape index (κ3) is 3.85. The van der Waals surface area contributed by atoms with E-state index < -0.39 is 0 Å². The highest BCUT2D eigenvalue weighted by molar-refractivity contribution is 9.10. The Morgan fingerprint density at radius 2 is 1.22 bits per heavy atom. The zero-order chi connectivity index (χ0) is 16.1. The first-order chi connectivity index (χ1) is 11.2. The fourth-order valence-electron chi connectivity index (χ4n) is 2.37. The van der Waals surface area contributed by atoms with Gasteiger partial charge in [0, 0.05) is 15.6 Å². The number of hydrogen-bond acceptors (Lipinski definition) is 1. The van der Waals surface area contributed by atoms with E-state index in [2.05, 4.69) is 15.9 Å². The Hall–Kier alpha value is -2.45. The van der Waals surface area contributed by atoms with Gasteiger partial charge in [0.2, 0.25) is 0 Å². The quantitative estimate of drug-likeness (QED) is 0.322. The molecule has 1 nitrogen and oxygen atoms in total. The van der Waals surface area contributed by atoms with Crippen LogP contribution in [0.5, 0.6) is 0 Å². The normalized spacial score (nSPS) is 11.3. The fraction of sp³-hybridized carbons (Fsp3) is 0. The minimum atomic E-state index is 0.0275. The van der Waals surface area contributed by atoms with Crippen LogP contribution in [0.3, 0.4) is 0 Å². The summed E-state index contributed by atoms with van der Waals surface area (Å²) in [5.74, 6) is 0.0275. The predicted molar refractivity (Wildman–Crippen MR) is 99.2 cm³/mol. The zero-order valence-electron chi connectivity index (χ0n) is 12.4. The van der Waals surface area contributed by atoms with E-state index in [-0.39, 0.29) is 5.78 Å². The van der Waals surface area contributed by atoms with Gasteiger partial charge in [-0.3, -0.25) is 4.79 Å². The van der Waals surface area contributed by atoms with Crippen LogP contribution in [0, 0.1) is 0 Å². The molecule has 0 atom stereocenters. The molecule has 112 valence electrons. The average Bonchev–Trinajstić information content (AvgIpc) is 2.62. The van der Waals surface area contributed by atoms with Crippen LogP contribution < -0.4 is 0 Å². The average molecular weight is 363 g/mol. The van der Waals surface area contributed by atoms with E-state index >= 15 is 0 Å². The first-order valence-electron chi connectivity index (χ1n) is 7.36. The Balaban J connectivity index is 2.07. The van der Waals surface area contributed by atoms with E-state index in [1.165, 1.54) is 0 Å². The first kappa shape index (κ1) is 15.4. The Morgan fingerprint density at radius 1 is 0.696 bits per heavy atom. The van der Waals surface area contributed by atoms with Crippen LogP contribution in [0.15, 0.2) is 89.4 Å². The topological polar surface area (TPSA) is 17.1 Å². The molecule has 0 spiro atoms. The molecule has 0 fully saturated rings. The number of hydrogen-bond donors (Lipinski definition) is 0. The standard InChI is InChI=1S/C21H15BrO/c22-19-13-11-16(12-14-19)15-20(17-7-3-1-4-8-17)21(23)18-9-5-2-6-10-18/h1-15H/b20-15-. The van der Waals surface area contributed by atoms with E-state index in [0.29, 0.717) is 11.1 Å². The van der Waals surface area contributed by atoms with E-state index in [4.69, 9.17) is 0 Å². The molecular weight excluding hydrogens is 348 g/mol. The molecule has 3 aromatic carbocycles. The highest BCUT2D eigenvalue weighted by atomic mass is 79.9. The number of Topliss-reactive ketones (excluding diaryl/α,β-unsaturated/α-hetero) is 1. The van der Waals surface area contributed by atoms with Gasteiger partial charge in [-0.2, -0.15) is 0 Å². The predicted octanol–water partition coefficient (Wildman–Crippen LogP) is 5.87. The molecular formula is C21H15BrO. The fourth-order valence-corrected chi connectivity index (χ4v) is 2.63. The summed E-state index contributed by atoms with van der Waals surface area (Å²) < 4.78 is 1.02. The van der Waals surface area contributed by atoms with Crippen molar-refractivity contribution in [1.29, 1.82) is 0 Å². The lowest BCUT2D eigenvalue weighted by atomic mass is 9.95. The molecule has 3 rings (SSSR count). The lowest BCUT2D eigenvalue weighted by Gasteiger charge is -2.08. The molecule has 0 radical (unpaired) electrons. The van der Waals surface area contributed by atoms with Crippen molar-refractivity contribution in [2.75, 3.05) is 0 Å². The van der Waals surface area contributed by atoms with Gasteiger partial charge in [-0.05, 0) is 29.3 Å². The van der Waals surface area contributed by atoms with Crippen molar-refractivity contribution in [3.05, 3.63) is 106 Å².